The number of carboxylic acids is 1. The molecular weight excluding hydrogens is 344 g/mol. The number of hydrogen-bond donors (Lipinski definition) is 3. The molecule has 0 spiro atoms. The second-order valence-electron chi connectivity index (χ2n) is 6.19. The Morgan fingerprint density at radius 2 is 1.54 bits per heavy atom. The maximum Gasteiger partial charge on any atom is 0.329 e. The van der Waals surface area contributed by atoms with E-state index in [9.17, 15) is 14.4 Å². The minimum atomic E-state index is -1.01. The van der Waals surface area contributed by atoms with Crippen LogP contribution in [-0.2, 0) is 28.6 Å². The SMILES string of the molecule is CC(=O)C(CC(=O)NCCOCCOCCOCC(=O)O)NCC(C)C. The first-order valence-electron chi connectivity index (χ1n) is 8.78. The van der Waals surface area contributed by atoms with Crippen LogP contribution >= 0.6 is 0 Å². The summed E-state index contributed by atoms with van der Waals surface area (Å²) in [5, 5.41) is 14.2. The summed E-state index contributed by atoms with van der Waals surface area (Å²) >= 11 is 0. The van der Waals surface area contributed by atoms with Gasteiger partial charge in [0.25, 0.3) is 0 Å². The molecule has 0 saturated carbocycles. The Labute approximate surface area is 154 Å². The number of carboxylic acid groups (broad SMARTS) is 1. The quantitative estimate of drug-likeness (QED) is 0.299. The van der Waals surface area contributed by atoms with E-state index in [0.29, 0.717) is 45.4 Å². The van der Waals surface area contributed by atoms with Gasteiger partial charge < -0.3 is 30.0 Å². The van der Waals surface area contributed by atoms with Crippen LogP contribution < -0.4 is 10.6 Å². The van der Waals surface area contributed by atoms with Crippen molar-refractivity contribution in [2.24, 2.45) is 5.92 Å². The maximum atomic E-state index is 11.8. The fourth-order valence-electron chi connectivity index (χ4n) is 1.86. The van der Waals surface area contributed by atoms with Crippen molar-refractivity contribution >= 4 is 17.7 Å². The molecule has 0 aliphatic carbocycles. The van der Waals surface area contributed by atoms with E-state index >= 15 is 0 Å². The highest BCUT2D eigenvalue weighted by Gasteiger charge is 2.17. The first-order valence-corrected chi connectivity index (χ1v) is 8.78. The number of ether oxygens (including phenoxy) is 3. The molecule has 0 aliphatic rings. The molecule has 3 N–H and O–H groups in total. The molecule has 26 heavy (non-hydrogen) atoms. The number of nitrogens with one attached hydrogen (secondary N) is 2. The van der Waals surface area contributed by atoms with Crippen LogP contribution in [0.4, 0.5) is 0 Å². The maximum absolute atomic E-state index is 11.8. The minimum Gasteiger partial charge on any atom is -0.480 e. The number of aliphatic carboxylic acids is 1. The number of carbonyl (C=O) groups excluding carboxylic acids is 2. The number of Topliss-reactive ketones (excluding diaryl/α,β-unsaturated/α-hetero) is 1. The van der Waals surface area contributed by atoms with Crippen molar-refractivity contribution in [3.05, 3.63) is 0 Å². The zero-order valence-electron chi connectivity index (χ0n) is 15.9. The fourth-order valence-corrected chi connectivity index (χ4v) is 1.86. The van der Waals surface area contributed by atoms with Crippen LogP contribution in [0.3, 0.4) is 0 Å². The van der Waals surface area contributed by atoms with Crippen molar-refractivity contribution in [2.75, 3.05) is 52.7 Å². The van der Waals surface area contributed by atoms with Gasteiger partial charge in [-0.05, 0) is 19.4 Å². The lowest BCUT2D eigenvalue weighted by Crippen LogP contribution is -2.42. The van der Waals surface area contributed by atoms with Crippen molar-refractivity contribution in [3.8, 4) is 0 Å². The van der Waals surface area contributed by atoms with Gasteiger partial charge in [-0.1, -0.05) is 13.8 Å². The average Bonchev–Trinajstić information content (AvgIpc) is 2.55. The predicted molar refractivity (Wildman–Crippen MR) is 95.0 cm³/mol. The topological polar surface area (TPSA) is 123 Å². The summed E-state index contributed by atoms with van der Waals surface area (Å²) in [6.07, 6.45) is 0.113. The van der Waals surface area contributed by atoms with Gasteiger partial charge in [-0.25, -0.2) is 4.79 Å². The van der Waals surface area contributed by atoms with Crippen LogP contribution in [0.1, 0.15) is 27.2 Å². The molecule has 0 fully saturated rings. The molecular formula is C17H32N2O7. The highest BCUT2D eigenvalue weighted by atomic mass is 16.5. The molecule has 0 rings (SSSR count). The van der Waals surface area contributed by atoms with Gasteiger partial charge in [-0.2, -0.15) is 0 Å². The normalized spacial score (nSPS) is 12.2. The van der Waals surface area contributed by atoms with Gasteiger partial charge in [0, 0.05) is 13.0 Å². The highest BCUT2D eigenvalue weighted by molar-refractivity contribution is 5.88. The van der Waals surface area contributed by atoms with E-state index in [1.54, 1.807) is 0 Å². The van der Waals surface area contributed by atoms with E-state index < -0.39 is 12.0 Å². The Bertz CT molecular complexity index is 416. The average molecular weight is 376 g/mol. The fraction of sp³-hybridized carbons (Fsp3) is 0.824. The number of hydrogen-bond acceptors (Lipinski definition) is 7. The Hall–Kier alpha value is -1.55. The molecule has 0 aromatic heterocycles. The lowest BCUT2D eigenvalue weighted by atomic mass is 10.1. The van der Waals surface area contributed by atoms with E-state index in [2.05, 4.69) is 10.6 Å². The van der Waals surface area contributed by atoms with Gasteiger partial charge in [0.2, 0.25) is 5.91 Å². The molecule has 0 radical (unpaired) electrons. The predicted octanol–water partition coefficient (Wildman–Crippen LogP) is -0.170. The largest absolute Gasteiger partial charge is 0.480 e. The van der Waals surface area contributed by atoms with Crippen LogP contribution in [0.5, 0.6) is 0 Å². The van der Waals surface area contributed by atoms with Crippen molar-refractivity contribution in [2.45, 2.75) is 33.2 Å². The molecule has 1 atom stereocenters. The summed E-state index contributed by atoms with van der Waals surface area (Å²) < 4.78 is 15.3. The molecule has 9 nitrogen and oxygen atoms in total. The van der Waals surface area contributed by atoms with Gasteiger partial charge in [0.15, 0.2) is 0 Å². The molecule has 0 aliphatic heterocycles. The Balaban J connectivity index is 3.57. The number of rotatable bonds is 17. The Morgan fingerprint density at radius 1 is 0.962 bits per heavy atom. The monoisotopic (exact) mass is 376 g/mol. The van der Waals surface area contributed by atoms with E-state index in [1.807, 2.05) is 13.8 Å². The van der Waals surface area contributed by atoms with Crippen LogP contribution in [-0.4, -0.2) is 81.5 Å². The Morgan fingerprint density at radius 3 is 2.08 bits per heavy atom. The van der Waals surface area contributed by atoms with Crippen LogP contribution in [0.25, 0.3) is 0 Å². The lowest BCUT2D eigenvalue weighted by molar-refractivity contribution is -0.142. The standard InChI is InChI=1S/C17H32N2O7/c1-13(2)11-19-15(14(3)20)10-16(21)18-4-5-24-6-7-25-8-9-26-12-17(22)23/h13,15,19H,4-12H2,1-3H3,(H,18,21)(H,22,23). The number of ketones is 1. The van der Waals surface area contributed by atoms with Crippen molar-refractivity contribution < 1.29 is 33.7 Å². The molecule has 0 bridgehead atoms. The first kappa shape index (κ1) is 24.5. The molecule has 9 heteroatoms. The number of amides is 1. The third-order valence-electron chi connectivity index (χ3n) is 3.19. The summed E-state index contributed by atoms with van der Waals surface area (Å²) in [7, 11) is 0. The second kappa shape index (κ2) is 15.7. The molecule has 0 heterocycles. The third kappa shape index (κ3) is 15.9. The summed E-state index contributed by atoms with van der Waals surface area (Å²) in [6.45, 7) is 7.82. The van der Waals surface area contributed by atoms with Gasteiger partial charge in [0.05, 0.1) is 39.1 Å². The van der Waals surface area contributed by atoms with Gasteiger partial charge in [0.1, 0.15) is 12.4 Å². The van der Waals surface area contributed by atoms with E-state index in [0.717, 1.165) is 0 Å². The second-order valence-corrected chi connectivity index (χ2v) is 6.19. The third-order valence-corrected chi connectivity index (χ3v) is 3.19. The van der Waals surface area contributed by atoms with Crippen LogP contribution in [0.15, 0.2) is 0 Å². The smallest absolute Gasteiger partial charge is 0.329 e. The zero-order chi connectivity index (χ0) is 19.8. The van der Waals surface area contributed by atoms with Crippen molar-refractivity contribution in [3.63, 3.8) is 0 Å². The lowest BCUT2D eigenvalue weighted by Gasteiger charge is -2.17. The van der Waals surface area contributed by atoms with Gasteiger partial charge >= 0.3 is 5.97 Å². The molecule has 0 saturated heterocycles. The molecule has 1 amide bonds. The van der Waals surface area contributed by atoms with Crippen LogP contribution in [0.2, 0.25) is 0 Å². The van der Waals surface area contributed by atoms with E-state index in [-0.39, 0.29) is 31.3 Å². The van der Waals surface area contributed by atoms with Gasteiger partial charge in [-0.3, -0.25) is 9.59 Å². The van der Waals surface area contributed by atoms with Crippen molar-refractivity contribution in [1.82, 2.24) is 10.6 Å². The Kier molecular flexibility index (Phi) is 14.8. The molecule has 1 unspecified atom stereocenters. The highest BCUT2D eigenvalue weighted by Crippen LogP contribution is 1.97. The van der Waals surface area contributed by atoms with Crippen LogP contribution in [0, 0.1) is 5.92 Å². The summed E-state index contributed by atoms with van der Waals surface area (Å²) in [4.78, 5) is 33.6. The van der Waals surface area contributed by atoms with E-state index in [1.165, 1.54) is 6.92 Å². The van der Waals surface area contributed by atoms with E-state index in [4.69, 9.17) is 19.3 Å². The molecule has 152 valence electrons. The number of carbonyl (C=O) groups is 3. The first-order chi connectivity index (χ1) is 12.3. The summed E-state index contributed by atoms with van der Waals surface area (Å²) in [6, 6.07) is -0.463. The summed E-state index contributed by atoms with van der Waals surface area (Å²) in [5.74, 6) is -0.863. The zero-order valence-corrected chi connectivity index (χ0v) is 15.9. The molecule has 0 aromatic carbocycles. The van der Waals surface area contributed by atoms with Crippen molar-refractivity contribution in [1.29, 1.82) is 0 Å². The van der Waals surface area contributed by atoms with Gasteiger partial charge in [-0.15, -0.1) is 0 Å². The minimum absolute atomic E-state index is 0.0541. The summed E-state index contributed by atoms with van der Waals surface area (Å²) in [5.41, 5.74) is 0. The molecule has 0 aromatic rings.